The van der Waals surface area contributed by atoms with E-state index in [9.17, 15) is 20.0 Å². The van der Waals surface area contributed by atoms with Gasteiger partial charge in [-0.3, -0.25) is 9.59 Å². The second kappa shape index (κ2) is 14.1. The highest BCUT2D eigenvalue weighted by Crippen LogP contribution is 2.37. The van der Waals surface area contributed by atoms with E-state index in [1.807, 2.05) is 6.92 Å². The van der Waals surface area contributed by atoms with Gasteiger partial charge in [0, 0.05) is 34.8 Å². The van der Waals surface area contributed by atoms with E-state index in [-0.39, 0.29) is 59.7 Å². The maximum atomic E-state index is 13.4. The molecule has 0 aliphatic heterocycles. The number of para-hydroxylation sites is 1. The summed E-state index contributed by atoms with van der Waals surface area (Å²) in [4.78, 5) is 30.0. The number of anilines is 2. The highest BCUT2D eigenvalue weighted by molar-refractivity contribution is 6.30. The molecule has 1 heterocycles. The number of carbonyl (C=O) groups excluding carboxylic acids is 2. The molecule has 0 spiro atoms. The van der Waals surface area contributed by atoms with Gasteiger partial charge in [0.05, 0.1) is 17.9 Å². The summed E-state index contributed by atoms with van der Waals surface area (Å²) in [6.45, 7) is 2.38. The quantitative estimate of drug-likeness (QED) is 0.186. The number of hydrogen-bond donors (Lipinski definition) is 4. The number of phenolic OH excluding ortho intramolecular Hbond substituents is 1. The van der Waals surface area contributed by atoms with Gasteiger partial charge in [0.25, 0.3) is 5.91 Å². The summed E-state index contributed by atoms with van der Waals surface area (Å²) in [7, 11) is 0. The Hall–Kier alpha value is -4.62. The number of aromatic nitrogens is 1. The maximum Gasteiger partial charge on any atom is 0.260 e. The van der Waals surface area contributed by atoms with Crippen LogP contribution < -0.4 is 21.1 Å². The Morgan fingerprint density at radius 3 is 2.54 bits per heavy atom. The number of nitriles is 1. The minimum Gasteiger partial charge on any atom is -0.507 e. The molecule has 0 fully saturated rings. The molecular weight excluding hydrogens is 565 g/mol. The molecule has 3 aromatic carbocycles. The first kappa shape index (κ1) is 30.9. The molecule has 11 heteroatoms. The van der Waals surface area contributed by atoms with Crippen molar-refractivity contribution in [1.82, 2.24) is 4.98 Å². The minimum absolute atomic E-state index is 0. The molecule has 2 amide bonds. The van der Waals surface area contributed by atoms with Crippen molar-refractivity contribution < 1.29 is 19.4 Å². The highest BCUT2D eigenvalue weighted by Gasteiger charge is 2.21. The Morgan fingerprint density at radius 2 is 1.83 bits per heavy atom. The van der Waals surface area contributed by atoms with Crippen LogP contribution in [-0.2, 0) is 4.79 Å². The zero-order chi connectivity index (χ0) is 28.6. The lowest BCUT2D eigenvalue weighted by molar-refractivity contribution is -0.116. The van der Waals surface area contributed by atoms with Gasteiger partial charge in [0.2, 0.25) is 5.91 Å². The van der Waals surface area contributed by atoms with Crippen LogP contribution in [0.1, 0.15) is 29.3 Å². The third kappa shape index (κ3) is 7.32. The molecule has 9 nitrogen and oxygen atoms in total. The first-order valence-corrected chi connectivity index (χ1v) is 12.8. The number of aromatic hydroxyl groups is 1. The molecule has 1 aromatic heterocycles. The summed E-state index contributed by atoms with van der Waals surface area (Å²) in [6.07, 6.45) is 0.155. The van der Waals surface area contributed by atoms with Crippen LogP contribution in [0.15, 0.2) is 72.8 Å². The monoisotopic (exact) mass is 591 g/mol. The summed E-state index contributed by atoms with van der Waals surface area (Å²) in [5.74, 6) is -0.536. The predicted molar refractivity (Wildman–Crippen MR) is 162 cm³/mol. The van der Waals surface area contributed by atoms with Gasteiger partial charge in [0.15, 0.2) is 5.82 Å². The Bertz CT molecular complexity index is 1620. The molecule has 210 valence electrons. The molecule has 0 aliphatic carbocycles. The number of nitrogens with two attached hydrogens (primary N) is 1. The van der Waals surface area contributed by atoms with E-state index in [2.05, 4.69) is 21.7 Å². The molecule has 41 heavy (non-hydrogen) atoms. The Morgan fingerprint density at radius 1 is 1.05 bits per heavy atom. The van der Waals surface area contributed by atoms with E-state index >= 15 is 0 Å². The van der Waals surface area contributed by atoms with Crippen LogP contribution in [0.25, 0.3) is 22.4 Å². The first-order valence-electron chi connectivity index (χ1n) is 12.4. The minimum atomic E-state index is -0.528. The van der Waals surface area contributed by atoms with E-state index in [0.717, 1.165) is 0 Å². The fraction of sp³-hybridized carbons (Fsp3) is 0.133. The average Bonchev–Trinajstić information content (AvgIpc) is 2.93. The normalized spacial score (nSPS) is 10.2. The van der Waals surface area contributed by atoms with Gasteiger partial charge in [0.1, 0.15) is 23.1 Å². The van der Waals surface area contributed by atoms with E-state index in [1.54, 1.807) is 66.7 Å². The molecule has 0 aliphatic rings. The van der Waals surface area contributed by atoms with Gasteiger partial charge in [-0.2, -0.15) is 5.26 Å². The zero-order valence-corrected chi connectivity index (χ0v) is 23.6. The van der Waals surface area contributed by atoms with Crippen molar-refractivity contribution in [3.05, 3.63) is 88.9 Å². The third-order valence-corrected chi connectivity index (χ3v) is 6.09. The second-order valence-corrected chi connectivity index (χ2v) is 9.04. The van der Waals surface area contributed by atoms with Crippen molar-refractivity contribution in [2.24, 2.45) is 5.73 Å². The summed E-state index contributed by atoms with van der Waals surface area (Å²) >= 11 is 6.03. The number of nitrogens with one attached hydrogen (secondary N) is 2. The van der Waals surface area contributed by atoms with Crippen LogP contribution in [0.5, 0.6) is 11.5 Å². The van der Waals surface area contributed by atoms with Gasteiger partial charge in [-0.05, 0) is 61.0 Å². The molecule has 0 radical (unpaired) electrons. The van der Waals surface area contributed by atoms with E-state index in [1.165, 1.54) is 6.07 Å². The lowest BCUT2D eigenvalue weighted by atomic mass is 9.97. The second-order valence-electron chi connectivity index (χ2n) is 8.60. The molecule has 0 saturated heterocycles. The molecule has 0 unspecified atom stereocenters. The van der Waals surface area contributed by atoms with Crippen LogP contribution >= 0.6 is 24.0 Å². The Labute approximate surface area is 248 Å². The number of nitrogens with zero attached hydrogens (tertiary/aromatic N) is 2. The average molecular weight is 592 g/mol. The lowest BCUT2D eigenvalue weighted by Gasteiger charge is -2.16. The first-order chi connectivity index (χ1) is 19.3. The number of benzene rings is 3. The van der Waals surface area contributed by atoms with Crippen molar-refractivity contribution in [1.29, 1.82) is 5.26 Å². The van der Waals surface area contributed by atoms with Crippen molar-refractivity contribution in [3.63, 3.8) is 0 Å². The van der Waals surface area contributed by atoms with Crippen LogP contribution in [0.3, 0.4) is 0 Å². The van der Waals surface area contributed by atoms with Crippen LogP contribution in [-0.4, -0.2) is 35.1 Å². The van der Waals surface area contributed by atoms with E-state index < -0.39 is 5.91 Å². The topological polar surface area (TPSA) is 150 Å². The van der Waals surface area contributed by atoms with E-state index in [0.29, 0.717) is 39.8 Å². The molecule has 0 bridgehead atoms. The molecule has 0 atom stereocenters. The number of carbonyl (C=O) groups is 2. The van der Waals surface area contributed by atoms with Crippen molar-refractivity contribution in [2.75, 3.05) is 23.8 Å². The predicted octanol–water partition coefficient (Wildman–Crippen LogP) is 6.01. The van der Waals surface area contributed by atoms with Gasteiger partial charge < -0.3 is 26.2 Å². The summed E-state index contributed by atoms with van der Waals surface area (Å²) in [6, 6.07) is 22.0. The number of phenols is 1. The number of pyridine rings is 1. The molecule has 0 saturated carbocycles. The Balaban J connectivity index is 0.00000462. The van der Waals surface area contributed by atoms with Crippen LogP contribution in [0, 0.1) is 11.3 Å². The standard InChI is InChI=1S/C30H26ClN5O4.ClH/c1-2-40-27-9-4-3-8-22(27)30(39)36-29-24(17-33)23(16-25(35-29)21-11-10-19(31)15-26(21)37)18-6-5-7-20(14-18)34-28(38)12-13-32;/h3-11,14-16,37H,2,12-13,32H2,1H3,(H,34,38)(H,35,36,39);1H. The van der Waals surface area contributed by atoms with Crippen molar-refractivity contribution in [2.45, 2.75) is 13.3 Å². The van der Waals surface area contributed by atoms with Crippen molar-refractivity contribution in [3.8, 4) is 40.0 Å². The largest absolute Gasteiger partial charge is 0.507 e. The van der Waals surface area contributed by atoms with Crippen LogP contribution in [0.4, 0.5) is 11.5 Å². The SMILES string of the molecule is CCOc1ccccc1C(=O)Nc1nc(-c2ccc(Cl)cc2O)cc(-c2cccc(NC(=O)CCN)c2)c1C#N.Cl. The summed E-state index contributed by atoms with van der Waals surface area (Å²) in [5, 5.41) is 26.7. The zero-order valence-electron chi connectivity index (χ0n) is 22.0. The maximum absolute atomic E-state index is 13.4. The number of amides is 2. The van der Waals surface area contributed by atoms with E-state index in [4.69, 9.17) is 22.1 Å². The summed E-state index contributed by atoms with van der Waals surface area (Å²) in [5.41, 5.74) is 7.96. The Kier molecular flexibility index (Phi) is 10.7. The highest BCUT2D eigenvalue weighted by atomic mass is 35.5. The molecular formula is C30H27Cl2N5O4. The smallest absolute Gasteiger partial charge is 0.260 e. The van der Waals surface area contributed by atoms with Gasteiger partial charge >= 0.3 is 0 Å². The van der Waals surface area contributed by atoms with Gasteiger partial charge in [-0.15, -0.1) is 12.4 Å². The lowest BCUT2D eigenvalue weighted by Crippen LogP contribution is -2.16. The van der Waals surface area contributed by atoms with Gasteiger partial charge in [-0.1, -0.05) is 35.9 Å². The molecule has 4 rings (SSSR count). The third-order valence-electron chi connectivity index (χ3n) is 5.86. The fourth-order valence-corrected chi connectivity index (χ4v) is 4.23. The fourth-order valence-electron chi connectivity index (χ4n) is 4.07. The number of ether oxygens (including phenoxy) is 1. The number of rotatable bonds is 9. The van der Waals surface area contributed by atoms with Crippen LogP contribution in [0.2, 0.25) is 5.02 Å². The number of halogens is 2. The van der Waals surface area contributed by atoms with Gasteiger partial charge in [-0.25, -0.2) is 4.98 Å². The van der Waals surface area contributed by atoms with Crippen molar-refractivity contribution >= 4 is 47.3 Å². The number of hydrogen-bond acceptors (Lipinski definition) is 7. The molecule has 4 aromatic rings. The molecule has 5 N–H and O–H groups in total. The summed E-state index contributed by atoms with van der Waals surface area (Å²) < 4.78 is 5.59.